The lowest BCUT2D eigenvalue weighted by Crippen LogP contribution is -2.42. The van der Waals surface area contributed by atoms with Crippen molar-refractivity contribution in [2.45, 2.75) is 31.8 Å². The average molecular weight is 420 g/mol. The van der Waals surface area contributed by atoms with Crippen LogP contribution in [0.1, 0.15) is 19.8 Å². The van der Waals surface area contributed by atoms with Crippen molar-refractivity contribution in [2.24, 2.45) is 10.7 Å². The van der Waals surface area contributed by atoms with E-state index in [1.807, 2.05) is 6.92 Å². The molecule has 9 heteroatoms. The van der Waals surface area contributed by atoms with Crippen molar-refractivity contribution >= 4 is 40.0 Å². The standard InChI is InChI=1S/C11H24N4O3S.HI/c1-9(8-18-2)14-11(12)13-7-10-5-4-6-15(10)19(3,16)17;/h9-10H,4-8H2,1-3H3,(H3,12,13,14);1H/t9?,10-;/m1./s1. The van der Waals surface area contributed by atoms with Crippen molar-refractivity contribution in [1.82, 2.24) is 9.62 Å². The summed E-state index contributed by atoms with van der Waals surface area (Å²) in [7, 11) is -1.53. The van der Waals surface area contributed by atoms with Gasteiger partial charge in [0, 0.05) is 25.7 Å². The summed E-state index contributed by atoms with van der Waals surface area (Å²) in [5.74, 6) is 0.324. The fraction of sp³-hybridized carbons (Fsp3) is 0.909. The molecule has 0 aromatic rings. The number of hydrogen-bond acceptors (Lipinski definition) is 4. The molecular formula is C11H25IN4O3S. The van der Waals surface area contributed by atoms with Crippen LogP contribution in [-0.4, -0.2) is 63.8 Å². The van der Waals surface area contributed by atoms with Crippen molar-refractivity contribution in [2.75, 3.05) is 33.1 Å². The highest BCUT2D eigenvalue weighted by Crippen LogP contribution is 2.20. The molecule has 0 saturated carbocycles. The molecule has 0 aromatic carbocycles. The molecule has 7 nitrogen and oxygen atoms in total. The summed E-state index contributed by atoms with van der Waals surface area (Å²) < 4.78 is 29.6. The van der Waals surface area contributed by atoms with Gasteiger partial charge in [0.1, 0.15) is 0 Å². The molecule has 0 radical (unpaired) electrons. The smallest absolute Gasteiger partial charge is 0.211 e. The third-order valence-corrected chi connectivity index (χ3v) is 4.37. The minimum absolute atomic E-state index is 0. The Morgan fingerprint density at radius 2 is 2.25 bits per heavy atom. The molecule has 0 spiro atoms. The number of guanidine groups is 1. The van der Waals surface area contributed by atoms with E-state index in [4.69, 9.17) is 10.5 Å². The Hall–Kier alpha value is -0.130. The summed E-state index contributed by atoms with van der Waals surface area (Å²) in [5, 5.41) is 2.99. The third-order valence-electron chi connectivity index (χ3n) is 3.03. The number of aliphatic imine (C=N–C) groups is 1. The van der Waals surface area contributed by atoms with Gasteiger partial charge in [0.05, 0.1) is 19.4 Å². The van der Waals surface area contributed by atoms with E-state index >= 15 is 0 Å². The van der Waals surface area contributed by atoms with E-state index < -0.39 is 10.0 Å². The van der Waals surface area contributed by atoms with E-state index in [0.717, 1.165) is 12.8 Å². The van der Waals surface area contributed by atoms with Crippen LogP contribution in [0.5, 0.6) is 0 Å². The van der Waals surface area contributed by atoms with Gasteiger partial charge in [-0.15, -0.1) is 24.0 Å². The van der Waals surface area contributed by atoms with Gasteiger partial charge in [-0.25, -0.2) is 8.42 Å². The third kappa shape index (κ3) is 6.55. The Kier molecular flexibility index (Phi) is 8.95. The SMILES string of the molecule is COCC(C)NC(N)=NC[C@H]1CCCN1S(C)(=O)=O.I. The number of nitrogens with zero attached hydrogens (tertiary/aromatic N) is 2. The first-order valence-corrected chi connectivity index (χ1v) is 8.21. The van der Waals surface area contributed by atoms with Crippen molar-refractivity contribution < 1.29 is 13.2 Å². The molecule has 1 aliphatic heterocycles. The molecule has 1 aliphatic rings. The van der Waals surface area contributed by atoms with Crippen molar-refractivity contribution in [3.8, 4) is 0 Å². The largest absolute Gasteiger partial charge is 0.383 e. The van der Waals surface area contributed by atoms with E-state index in [1.165, 1.54) is 10.6 Å². The summed E-state index contributed by atoms with van der Waals surface area (Å²) in [6.45, 7) is 3.44. The van der Waals surface area contributed by atoms with E-state index in [9.17, 15) is 8.42 Å². The molecule has 1 heterocycles. The minimum Gasteiger partial charge on any atom is -0.383 e. The number of methoxy groups -OCH3 is 1. The highest BCUT2D eigenvalue weighted by molar-refractivity contribution is 14.0. The van der Waals surface area contributed by atoms with Gasteiger partial charge in [0.25, 0.3) is 0 Å². The second kappa shape index (κ2) is 9.00. The van der Waals surface area contributed by atoms with Gasteiger partial charge in [-0.1, -0.05) is 0 Å². The van der Waals surface area contributed by atoms with Gasteiger partial charge >= 0.3 is 0 Å². The minimum atomic E-state index is -3.15. The maximum atomic E-state index is 11.6. The van der Waals surface area contributed by atoms with Crippen LogP contribution < -0.4 is 11.1 Å². The zero-order valence-corrected chi connectivity index (χ0v) is 15.4. The van der Waals surface area contributed by atoms with Crippen LogP contribution in [0.3, 0.4) is 0 Å². The molecule has 120 valence electrons. The molecule has 1 unspecified atom stereocenters. The first-order valence-electron chi connectivity index (χ1n) is 6.36. The molecule has 1 fully saturated rings. The maximum absolute atomic E-state index is 11.6. The summed E-state index contributed by atoms with van der Waals surface area (Å²) in [6, 6.07) is -0.00331. The second-order valence-electron chi connectivity index (χ2n) is 4.90. The van der Waals surface area contributed by atoms with Gasteiger partial charge in [-0.3, -0.25) is 4.99 Å². The Morgan fingerprint density at radius 1 is 1.60 bits per heavy atom. The fourth-order valence-electron chi connectivity index (χ4n) is 2.22. The fourth-order valence-corrected chi connectivity index (χ4v) is 3.40. The quantitative estimate of drug-likeness (QED) is 0.357. The van der Waals surface area contributed by atoms with Gasteiger partial charge in [0.2, 0.25) is 10.0 Å². The van der Waals surface area contributed by atoms with Gasteiger partial charge < -0.3 is 15.8 Å². The highest BCUT2D eigenvalue weighted by Gasteiger charge is 2.30. The molecular weight excluding hydrogens is 395 g/mol. The molecule has 0 bridgehead atoms. The van der Waals surface area contributed by atoms with Crippen molar-refractivity contribution in [3.05, 3.63) is 0 Å². The Balaban J connectivity index is 0.00000361. The van der Waals surface area contributed by atoms with Gasteiger partial charge in [-0.2, -0.15) is 4.31 Å². The van der Waals surface area contributed by atoms with Crippen molar-refractivity contribution in [3.63, 3.8) is 0 Å². The van der Waals surface area contributed by atoms with Crippen LogP contribution in [0.4, 0.5) is 0 Å². The van der Waals surface area contributed by atoms with Crippen LogP contribution in [-0.2, 0) is 14.8 Å². The summed E-state index contributed by atoms with van der Waals surface area (Å²) in [6.07, 6.45) is 2.94. The molecule has 3 N–H and O–H groups in total. The van der Waals surface area contributed by atoms with Crippen LogP contribution >= 0.6 is 24.0 Å². The Morgan fingerprint density at radius 3 is 2.80 bits per heavy atom. The van der Waals surface area contributed by atoms with Gasteiger partial charge in [-0.05, 0) is 19.8 Å². The predicted molar refractivity (Wildman–Crippen MR) is 90.9 cm³/mol. The number of sulfonamides is 1. The zero-order chi connectivity index (χ0) is 14.5. The molecule has 0 aromatic heterocycles. The summed E-state index contributed by atoms with van der Waals surface area (Å²) in [5.41, 5.74) is 5.75. The normalized spacial score (nSPS) is 22.4. The molecule has 1 saturated heterocycles. The second-order valence-corrected chi connectivity index (χ2v) is 6.83. The maximum Gasteiger partial charge on any atom is 0.211 e. The summed E-state index contributed by atoms with van der Waals surface area (Å²) in [4.78, 5) is 4.21. The molecule has 20 heavy (non-hydrogen) atoms. The monoisotopic (exact) mass is 420 g/mol. The average Bonchev–Trinajstić information content (AvgIpc) is 2.74. The van der Waals surface area contributed by atoms with Crippen LogP contribution in [0, 0.1) is 0 Å². The number of halogens is 1. The highest BCUT2D eigenvalue weighted by atomic mass is 127. The summed E-state index contributed by atoms with van der Waals surface area (Å²) >= 11 is 0. The number of rotatable bonds is 6. The van der Waals surface area contributed by atoms with Crippen molar-refractivity contribution in [1.29, 1.82) is 0 Å². The van der Waals surface area contributed by atoms with E-state index in [1.54, 1.807) is 7.11 Å². The van der Waals surface area contributed by atoms with Gasteiger partial charge in [0.15, 0.2) is 5.96 Å². The zero-order valence-electron chi connectivity index (χ0n) is 12.2. The van der Waals surface area contributed by atoms with E-state index in [-0.39, 0.29) is 36.1 Å². The number of nitrogens with two attached hydrogens (primary N) is 1. The predicted octanol–water partition coefficient (Wildman–Crippen LogP) is -0.0324. The molecule has 2 atom stereocenters. The lowest BCUT2D eigenvalue weighted by Gasteiger charge is -2.21. The van der Waals surface area contributed by atoms with E-state index in [2.05, 4.69) is 10.3 Å². The van der Waals surface area contributed by atoms with Crippen LogP contribution in [0.25, 0.3) is 0 Å². The number of ether oxygens (including phenoxy) is 1. The lowest BCUT2D eigenvalue weighted by atomic mass is 10.2. The first kappa shape index (κ1) is 19.9. The number of nitrogens with one attached hydrogen (secondary N) is 1. The molecule has 1 rings (SSSR count). The number of hydrogen-bond donors (Lipinski definition) is 2. The lowest BCUT2D eigenvalue weighted by molar-refractivity contribution is 0.179. The Bertz CT molecular complexity index is 416. The molecule has 0 amide bonds. The van der Waals surface area contributed by atoms with Crippen LogP contribution in [0.15, 0.2) is 4.99 Å². The first-order chi connectivity index (χ1) is 8.84. The Labute approximate surface area is 138 Å². The molecule has 0 aliphatic carbocycles. The van der Waals surface area contributed by atoms with E-state index in [0.29, 0.717) is 25.7 Å². The topological polar surface area (TPSA) is 97.0 Å². The van der Waals surface area contributed by atoms with Crippen LogP contribution in [0.2, 0.25) is 0 Å².